The topological polar surface area (TPSA) is 52.6 Å². The van der Waals surface area contributed by atoms with Crippen LogP contribution >= 0.6 is 0 Å². The minimum absolute atomic E-state index is 0.0520. The molecule has 1 unspecified atom stereocenters. The molecular weight excluding hydrogens is 275 g/mol. The van der Waals surface area contributed by atoms with E-state index in [0.29, 0.717) is 31.1 Å². The van der Waals surface area contributed by atoms with E-state index in [1.54, 1.807) is 26.8 Å². The van der Waals surface area contributed by atoms with Crippen molar-refractivity contribution in [3.63, 3.8) is 0 Å². The number of rotatable bonds is 9. The Kier molecular flexibility index (Phi) is 6.85. The first kappa shape index (κ1) is 17.1. The number of alkyl halides is 1. The lowest BCUT2D eigenvalue weighted by atomic mass is 10.0. The number of ether oxygens (including phenoxy) is 2. The van der Waals surface area contributed by atoms with E-state index in [1.165, 1.54) is 12.1 Å². The first-order valence-corrected chi connectivity index (χ1v) is 7.15. The Labute approximate surface area is 124 Å². The predicted octanol–water partition coefficient (Wildman–Crippen LogP) is 3.37. The highest BCUT2D eigenvalue weighted by Gasteiger charge is 2.27. The SMILES string of the molecule is CCCC(=O)C(F)C(=O)c1cc(OCC)cc(OCC)c1. The lowest BCUT2D eigenvalue weighted by Crippen LogP contribution is -2.25. The molecule has 0 aliphatic carbocycles. The van der Waals surface area contributed by atoms with Gasteiger partial charge in [-0.05, 0) is 32.4 Å². The normalized spacial score (nSPS) is 11.8. The van der Waals surface area contributed by atoms with Gasteiger partial charge in [-0.3, -0.25) is 9.59 Å². The molecule has 0 bridgehead atoms. The predicted molar refractivity (Wildman–Crippen MR) is 77.9 cm³/mol. The van der Waals surface area contributed by atoms with E-state index in [0.717, 1.165) is 0 Å². The van der Waals surface area contributed by atoms with E-state index in [-0.39, 0.29) is 12.0 Å². The zero-order valence-corrected chi connectivity index (χ0v) is 12.6. The number of hydrogen-bond donors (Lipinski definition) is 0. The Morgan fingerprint density at radius 3 is 2.00 bits per heavy atom. The van der Waals surface area contributed by atoms with Crippen molar-refractivity contribution in [2.45, 2.75) is 39.8 Å². The van der Waals surface area contributed by atoms with Crippen molar-refractivity contribution < 1.29 is 23.5 Å². The van der Waals surface area contributed by atoms with E-state index in [4.69, 9.17) is 9.47 Å². The molecule has 0 saturated heterocycles. The molecule has 0 aromatic heterocycles. The van der Waals surface area contributed by atoms with E-state index < -0.39 is 17.7 Å². The average molecular weight is 296 g/mol. The van der Waals surface area contributed by atoms with Crippen molar-refractivity contribution in [2.75, 3.05) is 13.2 Å². The number of carbonyl (C=O) groups excluding carboxylic acids is 2. The van der Waals surface area contributed by atoms with Gasteiger partial charge >= 0.3 is 0 Å². The highest BCUT2D eigenvalue weighted by Crippen LogP contribution is 2.25. The van der Waals surface area contributed by atoms with Gasteiger partial charge in [0.2, 0.25) is 12.0 Å². The van der Waals surface area contributed by atoms with E-state index in [1.807, 2.05) is 0 Å². The van der Waals surface area contributed by atoms with Crippen molar-refractivity contribution in [3.05, 3.63) is 23.8 Å². The molecule has 0 radical (unpaired) electrons. The van der Waals surface area contributed by atoms with Crippen LogP contribution in [0, 0.1) is 0 Å². The zero-order chi connectivity index (χ0) is 15.8. The Morgan fingerprint density at radius 2 is 1.57 bits per heavy atom. The third-order valence-corrected chi connectivity index (χ3v) is 2.80. The van der Waals surface area contributed by atoms with Crippen molar-refractivity contribution >= 4 is 11.6 Å². The van der Waals surface area contributed by atoms with Crippen LogP contribution in [-0.2, 0) is 4.79 Å². The van der Waals surface area contributed by atoms with Gasteiger partial charge in [0.05, 0.1) is 13.2 Å². The van der Waals surface area contributed by atoms with Crippen LogP contribution in [0.25, 0.3) is 0 Å². The van der Waals surface area contributed by atoms with Gasteiger partial charge in [-0.2, -0.15) is 0 Å². The standard InChI is InChI=1S/C16H21FO4/c1-4-7-14(18)15(17)16(19)11-8-12(20-5-2)10-13(9-11)21-6-3/h8-10,15H,4-7H2,1-3H3. The van der Waals surface area contributed by atoms with Crippen LogP contribution in [0.5, 0.6) is 11.5 Å². The van der Waals surface area contributed by atoms with E-state index >= 15 is 0 Å². The van der Waals surface area contributed by atoms with Gasteiger partial charge in [0.25, 0.3) is 0 Å². The molecule has 0 amide bonds. The van der Waals surface area contributed by atoms with Crippen LogP contribution < -0.4 is 9.47 Å². The fourth-order valence-corrected chi connectivity index (χ4v) is 1.88. The fourth-order valence-electron chi connectivity index (χ4n) is 1.88. The summed E-state index contributed by atoms with van der Waals surface area (Å²) in [6, 6.07) is 4.49. The summed E-state index contributed by atoms with van der Waals surface area (Å²) in [4.78, 5) is 23.6. The molecule has 116 valence electrons. The van der Waals surface area contributed by atoms with Crippen molar-refractivity contribution in [2.24, 2.45) is 0 Å². The maximum atomic E-state index is 13.9. The Hall–Kier alpha value is -1.91. The second-order valence-electron chi connectivity index (χ2n) is 4.50. The Morgan fingerprint density at radius 1 is 1.05 bits per heavy atom. The molecule has 1 atom stereocenters. The van der Waals surface area contributed by atoms with Crippen LogP contribution in [0.3, 0.4) is 0 Å². The number of benzene rings is 1. The maximum absolute atomic E-state index is 13.9. The van der Waals surface area contributed by atoms with E-state index in [2.05, 4.69) is 0 Å². The summed E-state index contributed by atoms with van der Waals surface area (Å²) in [5.41, 5.74) is 0.0846. The first-order chi connectivity index (χ1) is 10.0. The molecule has 1 aromatic rings. The molecule has 21 heavy (non-hydrogen) atoms. The number of ketones is 2. The Bertz CT molecular complexity index is 475. The summed E-state index contributed by atoms with van der Waals surface area (Å²) in [6.07, 6.45) is -1.57. The number of halogens is 1. The lowest BCUT2D eigenvalue weighted by molar-refractivity contribution is -0.122. The third-order valence-electron chi connectivity index (χ3n) is 2.80. The quantitative estimate of drug-likeness (QED) is 0.518. The molecule has 0 aliphatic rings. The van der Waals surface area contributed by atoms with Gasteiger partial charge in [-0.15, -0.1) is 0 Å². The van der Waals surface area contributed by atoms with Gasteiger partial charge in [0.1, 0.15) is 11.5 Å². The molecule has 1 aromatic carbocycles. The monoisotopic (exact) mass is 296 g/mol. The second kappa shape index (κ2) is 8.39. The average Bonchev–Trinajstić information content (AvgIpc) is 2.46. The van der Waals surface area contributed by atoms with Crippen LogP contribution in [0.4, 0.5) is 4.39 Å². The number of hydrogen-bond acceptors (Lipinski definition) is 4. The molecule has 5 heteroatoms. The third kappa shape index (κ3) is 4.85. The minimum Gasteiger partial charge on any atom is -0.494 e. The summed E-state index contributed by atoms with van der Waals surface area (Å²) in [5, 5.41) is 0. The molecule has 0 heterocycles. The highest BCUT2D eigenvalue weighted by atomic mass is 19.1. The van der Waals surface area contributed by atoms with Crippen molar-refractivity contribution in [1.82, 2.24) is 0 Å². The van der Waals surface area contributed by atoms with Gasteiger partial charge in [0, 0.05) is 18.1 Å². The molecule has 0 fully saturated rings. The summed E-state index contributed by atoms with van der Waals surface area (Å²) < 4.78 is 24.6. The van der Waals surface area contributed by atoms with Gasteiger partial charge in [-0.1, -0.05) is 6.92 Å². The molecule has 0 spiro atoms. The summed E-state index contributed by atoms with van der Waals surface area (Å²) in [7, 11) is 0. The highest BCUT2D eigenvalue weighted by molar-refractivity contribution is 6.13. The summed E-state index contributed by atoms with van der Waals surface area (Å²) >= 11 is 0. The van der Waals surface area contributed by atoms with E-state index in [9.17, 15) is 14.0 Å². The van der Waals surface area contributed by atoms with Crippen LogP contribution in [0.15, 0.2) is 18.2 Å². The summed E-state index contributed by atoms with van der Waals surface area (Å²) in [5.74, 6) is -0.706. The Balaban J connectivity index is 3.03. The second-order valence-corrected chi connectivity index (χ2v) is 4.50. The van der Waals surface area contributed by atoms with Crippen LogP contribution in [0.1, 0.15) is 44.0 Å². The number of carbonyl (C=O) groups is 2. The molecule has 0 aliphatic heterocycles. The minimum atomic E-state index is -2.13. The molecule has 4 nitrogen and oxygen atoms in total. The van der Waals surface area contributed by atoms with Gasteiger partial charge < -0.3 is 9.47 Å². The molecule has 1 rings (SSSR count). The lowest BCUT2D eigenvalue weighted by Gasteiger charge is -2.11. The molecular formula is C16H21FO4. The maximum Gasteiger partial charge on any atom is 0.220 e. The molecule has 0 saturated carbocycles. The van der Waals surface area contributed by atoms with Crippen molar-refractivity contribution in [1.29, 1.82) is 0 Å². The van der Waals surface area contributed by atoms with Crippen molar-refractivity contribution in [3.8, 4) is 11.5 Å². The number of Topliss-reactive ketones (excluding diaryl/α,β-unsaturated/α-hetero) is 2. The van der Waals surface area contributed by atoms with Crippen LogP contribution in [0.2, 0.25) is 0 Å². The zero-order valence-electron chi connectivity index (χ0n) is 12.6. The summed E-state index contributed by atoms with van der Waals surface area (Å²) in [6.45, 7) is 6.20. The molecule has 0 N–H and O–H groups in total. The van der Waals surface area contributed by atoms with Crippen LogP contribution in [-0.4, -0.2) is 31.0 Å². The fraction of sp³-hybridized carbons (Fsp3) is 0.500. The van der Waals surface area contributed by atoms with Gasteiger partial charge in [-0.25, -0.2) is 4.39 Å². The largest absolute Gasteiger partial charge is 0.494 e. The first-order valence-electron chi connectivity index (χ1n) is 7.15. The van der Waals surface area contributed by atoms with Gasteiger partial charge in [0.15, 0.2) is 5.78 Å². The smallest absolute Gasteiger partial charge is 0.220 e.